The lowest BCUT2D eigenvalue weighted by Gasteiger charge is -2.08. The van der Waals surface area contributed by atoms with Crippen molar-refractivity contribution in [3.8, 4) is 0 Å². The van der Waals surface area contributed by atoms with Gasteiger partial charge in [-0.05, 0) is 56.7 Å². The molecule has 0 radical (unpaired) electrons. The van der Waals surface area contributed by atoms with Crippen LogP contribution >= 0.6 is 11.8 Å². The van der Waals surface area contributed by atoms with Crippen molar-refractivity contribution < 1.29 is 9.59 Å². The molecule has 22 heavy (non-hydrogen) atoms. The highest BCUT2D eigenvalue weighted by molar-refractivity contribution is 8.00. The maximum Gasteiger partial charge on any atom is 0.234 e. The van der Waals surface area contributed by atoms with E-state index in [4.69, 9.17) is 0 Å². The van der Waals surface area contributed by atoms with Crippen LogP contribution in [0.25, 0.3) is 0 Å². The summed E-state index contributed by atoms with van der Waals surface area (Å²) in [6.07, 6.45) is 0. The Morgan fingerprint density at radius 2 is 1.73 bits per heavy atom. The van der Waals surface area contributed by atoms with E-state index in [2.05, 4.69) is 18.3 Å². The Hall–Kier alpha value is -2.07. The molecule has 0 spiro atoms. The molecule has 0 aromatic heterocycles. The van der Waals surface area contributed by atoms with Crippen LogP contribution in [0.5, 0.6) is 0 Å². The standard InChI is InChI=1S/C18H19NO2S/c1-12-4-9-17(13(2)10-12)22-11-18(21)19-16-7-5-15(6-8-16)14(3)20/h4-10H,11H2,1-3H3,(H,19,21). The number of aryl methyl sites for hydroxylation is 2. The normalized spacial score (nSPS) is 10.3. The second-order valence-electron chi connectivity index (χ2n) is 5.24. The first kappa shape index (κ1) is 16.3. The second kappa shape index (κ2) is 7.27. The zero-order valence-electron chi connectivity index (χ0n) is 13.0. The van der Waals surface area contributed by atoms with E-state index in [1.165, 1.54) is 29.8 Å². The molecule has 2 rings (SSSR count). The topological polar surface area (TPSA) is 46.2 Å². The lowest BCUT2D eigenvalue weighted by molar-refractivity contribution is -0.113. The van der Waals surface area contributed by atoms with Gasteiger partial charge in [0.15, 0.2) is 5.78 Å². The predicted octanol–water partition coefficient (Wildman–Crippen LogP) is 4.24. The third kappa shape index (κ3) is 4.46. The van der Waals surface area contributed by atoms with Gasteiger partial charge in [0.1, 0.15) is 0 Å². The van der Waals surface area contributed by atoms with Gasteiger partial charge >= 0.3 is 0 Å². The number of carbonyl (C=O) groups excluding carboxylic acids is 2. The number of Topliss-reactive ketones (excluding diaryl/α,β-unsaturated/α-hetero) is 1. The number of carbonyl (C=O) groups is 2. The molecule has 0 unspecified atom stereocenters. The fourth-order valence-corrected chi connectivity index (χ4v) is 2.90. The van der Waals surface area contributed by atoms with Gasteiger partial charge in [0.05, 0.1) is 5.75 Å². The Balaban J connectivity index is 1.91. The SMILES string of the molecule is CC(=O)c1ccc(NC(=O)CSc2ccc(C)cc2C)cc1. The Kier molecular flexibility index (Phi) is 5.39. The first-order valence-electron chi connectivity index (χ1n) is 7.06. The number of hydrogen-bond donors (Lipinski definition) is 1. The first-order chi connectivity index (χ1) is 10.5. The van der Waals surface area contributed by atoms with Gasteiger partial charge in [0.2, 0.25) is 5.91 Å². The van der Waals surface area contributed by atoms with E-state index in [9.17, 15) is 9.59 Å². The molecule has 4 heteroatoms. The molecular formula is C18H19NO2S. The molecule has 0 aliphatic rings. The molecule has 0 bridgehead atoms. The van der Waals surface area contributed by atoms with Gasteiger partial charge in [-0.3, -0.25) is 9.59 Å². The Labute approximate surface area is 135 Å². The molecule has 1 N–H and O–H groups in total. The zero-order chi connectivity index (χ0) is 16.1. The van der Waals surface area contributed by atoms with E-state index < -0.39 is 0 Å². The minimum absolute atomic E-state index is 0.0169. The van der Waals surface area contributed by atoms with Crippen LogP contribution in [0.3, 0.4) is 0 Å². The highest BCUT2D eigenvalue weighted by Gasteiger charge is 2.06. The van der Waals surface area contributed by atoms with Crippen molar-refractivity contribution in [2.24, 2.45) is 0 Å². The van der Waals surface area contributed by atoms with Crippen LogP contribution in [0.4, 0.5) is 5.69 Å². The molecule has 0 aliphatic heterocycles. The van der Waals surface area contributed by atoms with Gasteiger partial charge in [0.25, 0.3) is 0 Å². The third-order valence-corrected chi connectivity index (χ3v) is 4.44. The summed E-state index contributed by atoms with van der Waals surface area (Å²) in [4.78, 5) is 24.3. The van der Waals surface area contributed by atoms with E-state index in [1.54, 1.807) is 24.3 Å². The van der Waals surface area contributed by atoms with Crippen LogP contribution in [-0.2, 0) is 4.79 Å². The molecule has 114 valence electrons. The lowest BCUT2D eigenvalue weighted by Crippen LogP contribution is -2.14. The molecule has 2 aromatic rings. The van der Waals surface area contributed by atoms with Crippen molar-refractivity contribution in [3.63, 3.8) is 0 Å². The molecular weight excluding hydrogens is 294 g/mol. The Bertz CT molecular complexity index is 693. The van der Waals surface area contributed by atoms with Gasteiger partial charge in [-0.2, -0.15) is 0 Å². The van der Waals surface area contributed by atoms with Gasteiger partial charge in [-0.25, -0.2) is 0 Å². The van der Waals surface area contributed by atoms with Gasteiger partial charge < -0.3 is 5.32 Å². The van der Waals surface area contributed by atoms with Crippen molar-refractivity contribution in [2.75, 3.05) is 11.1 Å². The smallest absolute Gasteiger partial charge is 0.234 e. The zero-order valence-corrected chi connectivity index (χ0v) is 13.8. The van der Waals surface area contributed by atoms with E-state index in [0.29, 0.717) is 17.0 Å². The number of thioether (sulfide) groups is 1. The largest absolute Gasteiger partial charge is 0.325 e. The summed E-state index contributed by atoms with van der Waals surface area (Å²) < 4.78 is 0. The molecule has 0 fully saturated rings. The van der Waals surface area contributed by atoms with Gasteiger partial charge in [-0.15, -0.1) is 11.8 Å². The highest BCUT2D eigenvalue weighted by atomic mass is 32.2. The summed E-state index contributed by atoms with van der Waals surface area (Å²) in [5.41, 5.74) is 3.75. The maximum atomic E-state index is 12.0. The molecule has 0 heterocycles. The predicted molar refractivity (Wildman–Crippen MR) is 91.7 cm³/mol. The van der Waals surface area contributed by atoms with Crippen LogP contribution in [0.1, 0.15) is 28.4 Å². The molecule has 3 nitrogen and oxygen atoms in total. The summed E-state index contributed by atoms with van der Waals surface area (Å²) in [7, 11) is 0. The summed E-state index contributed by atoms with van der Waals surface area (Å²) in [6, 6.07) is 13.1. The van der Waals surface area contributed by atoms with Crippen molar-refractivity contribution in [1.29, 1.82) is 0 Å². The number of rotatable bonds is 5. The molecule has 0 atom stereocenters. The van der Waals surface area contributed by atoms with Crippen LogP contribution < -0.4 is 5.32 Å². The lowest BCUT2D eigenvalue weighted by atomic mass is 10.1. The fourth-order valence-electron chi connectivity index (χ4n) is 2.09. The number of ketones is 1. The van der Waals surface area contributed by atoms with Crippen LogP contribution in [-0.4, -0.2) is 17.4 Å². The van der Waals surface area contributed by atoms with Gasteiger partial charge in [-0.1, -0.05) is 17.7 Å². The van der Waals surface area contributed by atoms with Crippen LogP contribution in [0.15, 0.2) is 47.4 Å². The quantitative estimate of drug-likeness (QED) is 0.663. The van der Waals surface area contributed by atoms with E-state index in [0.717, 1.165) is 4.90 Å². The molecule has 0 saturated heterocycles. The average molecular weight is 313 g/mol. The number of nitrogens with one attached hydrogen (secondary N) is 1. The summed E-state index contributed by atoms with van der Waals surface area (Å²) in [5, 5.41) is 2.84. The van der Waals surface area contributed by atoms with Crippen molar-refractivity contribution >= 4 is 29.1 Å². The number of benzene rings is 2. The molecule has 0 aliphatic carbocycles. The third-order valence-electron chi connectivity index (χ3n) is 3.26. The second-order valence-corrected chi connectivity index (χ2v) is 6.26. The average Bonchev–Trinajstić information content (AvgIpc) is 2.47. The maximum absolute atomic E-state index is 12.0. The summed E-state index contributed by atoms with van der Waals surface area (Å²) in [5.74, 6) is 0.321. The number of hydrogen-bond acceptors (Lipinski definition) is 3. The summed E-state index contributed by atoms with van der Waals surface area (Å²) in [6.45, 7) is 5.63. The summed E-state index contributed by atoms with van der Waals surface area (Å²) >= 11 is 1.52. The van der Waals surface area contributed by atoms with E-state index in [1.807, 2.05) is 19.1 Å². The minimum atomic E-state index is -0.0550. The molecule has 1 amide bonds. The molecule has 2 aromatic carbocycles. The highest BCUT2D eigenvalue weighted by Crippen LogP contribution is 2.23. The number of anilines is 1. The molecule has 0 saturated carbocycles. The van der Waals surface area contributed by atoms with E-state index in [-0.39, 0.29) is 11.7 Å². The minimum Gasteiger partial charge on any atom is -0.325 e. The van der Waals surface area contributed by atoms with Crippen molar-refractivity contribution in [1.82, 2.24) is 0 Å². The van der Waals surface area contributed by atoms with Gasteiger partial charge in [0, 0.05) is 16.1 Å². The van der Waals surface area contributed by atoms with Crippen molar-refractivity contribution in [2.45, 2.75) is 25.7 Å². The van der Waals surface area contributed by atoms with E-state index >= 15 is 0 Å². The Morgan fingerprint density at radius 1 is 1.05 bits per heavy atom. The number of amides is 1. The van der Waals surface area contributed by atoms with Crippen molar-refractivity contribution in [3.05, 3.63) is 59.2 Å². The Morgan fingerprint density at radius 3 is 2.32 bits per heavy atom. The first-order valence-corrected chi connectivity index (χ1v) is 8.05. The van der Waals surface area contributed by atoms with Crippen LogP contribution in [0.2, 0.25) is 0 Å². The monoisotopic (exact) mass is 313 g/mol. The van der Waals surface area contributed by atoms with Crippen LogP contribution in [0, 0.1) is 13.8 Å². The fraction of sp³-hybridized carbons (Fsp3) is 0.222.